The van der Waals surface area contributed by atoms with Crippen LogP contribution in [0.4, 0.5) is 0 Å². The van der Waals surface area contributed by atoms with Crippen molar-refractivity contribution in [3.63, 3.8) is 0 Å². The molecule has 0 amide bonds. The maximum Gasteiger partial charge on any atom is 0.0683 e. The Morgan fingerprint density at radius 2 is 1.64 bits per heavy atom. The monoisotopic (exact) mass is 204 g/mol. The quantitative estimate of drug-likeness (QED) is 0.647. The third-order valence-corrected chi connectivity index (χ3v) is 3.40. The minimum absolute atomic E-state index is 0.544. The number of hydrogen-bond donors (Lipinski definition) is 0. The van der Waals surface area contributed by atoms with Crippen LogP contribution in [0.3, 0.4) is 0 Å². The number of hydrogen-bond acceptors (Lipinski definition) is 0. The highest BCUT2D eigenvalue weighted by molar-refractivity contribution is 6.80. The van der Waals surface area contributed by atoms with Gasteiger partial charge in [-0.15, -0.1) is 0 Å². The van der Waals surface area contributed by atoms with Crippen molar-refractivity contribution in [2.24, 2.45) is 0 Å². The van der Waals surface area contributed by atoms with Crippen LogP contribution in [0.5, 0.6) is 0 Å². The molecule has 1 rings (SSSR count). The molecule has 0 fully saturated rings. The molecule has 0 aromatic heterocycles. The topological polar surface area (TPSA) is 0 Å². The highest BCUT2D eigenvalue weighted by atomic mass is 28.3. The van der Waals surface area contributed by atoms with E-state index in [1.165, 1.54) is 5.56 Å². The Labute approximate surface area is 88.7 Å². The van der Waals surface area contributed by atoms with Gasteiger partial charge in [0.2, 0.25) is 0 Å². The average molecular weight is 204 g/mol. The van der Waals surface area contributed by atoms with E-state index in [9.17, 15) is 0 Å². The zero-order valence-electron chi connectivity index (χ0n) is 9.62. The van der Waals surface area contributed by atoms with E-state index in [2.05, 4.69) is 68.7 Å². The van der Waals surface area contributed by atoms with Crippen LogP contribution in [-0.4, -0.2) is 8.07 Å². The average Bonchev–Trinajstić information content (AvgIpc) is 2.14. The summed E-state index contributed by atoms with van der Waals surface area (Å²) in [6.07, 6.45) is 2.35. The lowest BCUT2D eigenvalue weighted by Gasteiger charge is -2.11. The van der Waals surface area contributed by atoms with Crippen molar-refractivity contribution in [1.82, 2.24) is 0 Å². The van der Waals surface area contributed by atoms with Crippen molar-refractivity contribution in [3.05, 3.63) is 47.7 Å². The summed E-state index contributed by atoms with van der Waals surface area (Å²) in [5, 5.41) is 0. The van der Waals surface area contributed by atoms with Gasteiger partial charge in [-0.05, 0) is 11.5 Å². The molecule has 76 valence electrons. The van der Waals surface area contributed by atoms with Crippen molar-refractivity contribution in [3.8, 4) is 0 Å². The van der Waals surface area contributed by atoms with Gasteiger partial charge in [0, 0.05) is 0 Å². The van der Waals surface area contributed by atoms with Gasteiger partial charge in [-0.2, -0.15) is 0 Å². The third kappa shape index (κ3) is 3.92. The molecule has 1 unspecified atom stereocenters. The molecule has 0 heterocycles. The van der Waals surface area contributed by atoms with Crippen LogP contribution in [-0.2, 0) is 0 Å². The fourth-order valence-corrected chi connectivity index (χ4v) is 2.17. The fraction of sp³-hybridized carbons (Fsp3) is 0.385. The molecular formula is C13H20Si. The molecule has 14 heavy (non-hydrogen) atoms. The Morgan fingerprint density at radius 3 is 2.14 bits per heavy atom. The maximum atomic E-state index is 2.42. The van der Waals surface area contributed by atoms with Gasteiger partial charge in [-0.1, -0.05) is 68.7 Å². The molecule has 0 aliphatic carbocycles. The summed E-state index contributed by atoms with van der Waals surface area (Å²) in [5.41, 5.74) is 3.83. The molecule has 0 saturated heterocycles. The van der Waals surface area contributed by atoms with Crippen LogP contribution in [0.2, 0.25) is 19.6 Å². The van der Waals surface area contributed by atoms with Gasteiger partial charge in [-0.25, -0.2) is 0 Å². The van der Waals surface area contributed by atoms with E-state index < -0.39 is 8.07 Å². The maximum absolute atomic E-state index is 2.42. The molecule has 0 radical (unpaired) electrons. The van der Waals surface area contributed by atoms with E-state index in [1.54, 1.807) is 0 Å². The highest BCUT2D eigenvalue weighted by Gasteiger charge is 2.08. The first-order valence-electron chi connectivity index (χ1n) is 5.23. The smallest absolute Gasteiger partial charge is 0.0683 e. The Balaban J connectivity index is 2.69. The van der Waals surface area contributed by atoms with E-state index in [0.717, 1.165) is 0 Å². The van der Waals surface area contributed by atoms with E-state index in [4.69, 9.17) is 0 Å². The van der Waals surface area contributed by atoms with E-state index in [-0.39, 0.29) is 0 Å². The first-order valence-corrected chi connectivity index (χ1v) is 8.81. The number of benzene rings is 1. The van der Waals surface area contributed by atoms with Crippen molar-refractivity contribution in [2.75, 3.05) is 0 Å². The second-order valence-electron chi connectivity index (χ2n) is 4.92. The third-order valence-electron chi connectivity index (χ3n) is 2.21. The van der Waals surface area contributed by atoms with Crippen LogP contribution in [0.1, 0.15) is 18.4 Å². The standard InChI is InChI=1S/C13H20Si/c1-12(10-11-14(2,3)4)13-8-6-5-7-9-13/h5-12H,1-4H3/b11-10+. The lowest BCUT2D eigenvalue weighted by atomic mass is 10.0. The summed E-state index contributed by atoms with van der Waals surface area (Å²) in [7, 11) is -1.03. The van der Waals surface area contributed by atoms with E-state index in [1.807, 2.05) is 0 Å². The molecule has 1 atom stereocenters. The van der Waals surface area contributed by atoms with Crippen molar-refractivity contribution in [2.45, 2.75) is 32.5 Å². The predicted molar refractivity (Wildman–Crippen MR) is 67.3 cm³/mol. The second-order valence-corrected chi connectivity index (χ2v) is 9.99. The van der Waals surface area contributed by atoms with Gasteiger partial charge < -0.3 is 0 Å². The van der Waals surface area contributed by atoms with Crippen LogP contribution >= 0.6 is 0 Å². The minimum atomic E-state index is -1.03. The van der Waals surface area contributed by atoms with Crippen molar-refractivity contribution < 1.29 is 0 Å². The summed E-state index contributed by atoms with van der Waals surface area (Å²) < 4.78 is 0. The zero-order valence-corrected chi connectivity index (χ0v) is 10.6. The van der Waals surface area contributed by atoms with Crippen molar-refractivity contribution in [1.29, 1.82) is 0 Å². The largest absolute Gasteiger partial charge is 0.0983 e. The van der Waals surface area contributed by atoms with Crippen LogP contribution < -0.4 is 0 Å². The van der Waals surface area contributed by atoms with Crippen LogP contribution in [0.15, 0.2) is 42.1 Å². The molecule has 0 spiro atoms. The Kier molecular flexibility index (Phi) is 3.70. The van der Waals surface area contributed by atoms with Gasteiger partial charge in [-0.3, -0.25) is 0 Å². The van der Waals surface area contributed by atoms with Crippen molar-refractivity contribution >= 4 is 8.07 Å². The second kappa shape index (κ2) is 4.60. The molecule has 0 aliphatic heterocycles. The van der Waals surface area contributed by atoms with E-state index >= 15 is 0 Å². The van der Waals surface area contributed by atoms with Crippen LogP contribution in [0.25, 0.3) is 0 Å². The SMILES string of the molecule is CC(/C=C/[Si](C)(C)C)c1ccccc1. The van der Waals surface area contributed by atoms with Crippen LogP contribution in [0, 0.1) is 0 Å². The summed E-state index contributed by atoms with van der Waals surface area (Å²) in [6.45, 7) is 9.34. The highest BCUT2D eigenvalue weighted by Crippen LogP contribution is 2.17. The Bertz CT molecular complexity index is 293. The van der Waals surface area contributed by atoms with Gasteiger partial charge in [0.15, 0.2) is 0 Å². The number of rotatable bonds is 3. The lowest BCUT2D eigenvalue weighted by molar-refractivity contribution is 0.969. The molecule has 1 heteroatoms. The van der Waals surface area contributed by atoms with Gasteiger partial charge in [0.1, 0.15) is 0 Å². The summed E-state index contributed by atoms with van der Waals surface area (Å²) in [5.74, 6) is 0.544. The first kappa shape index (κ1) is 11.3. The summed E-state index contributed by atoms with van der Waals surface area (Å²) >= 11 is 0. The molecule has 0 bridgehead atoms. The molecule has 1 aromatic rings. The Morgan fingerprint density at radius 1 is 1.07 bits per heavy atom. The first-order chi connectivity index (χ1) is 6.49. The number of allylic oxidation sites excluding steroid dienone is 1. The van der Waals surface area contributed by atoms with Gasteiger partial charge >= 0.3 is 0 Å². The Hall–Kier alpha value is -0.823. The molecule has 0 aliphatic rings. The zero-order chi connectivity index (χ0) is 10.6. The predicted octanol–water partition coefficient (Wildman–Crippen LogP) is 4.22. The van der Waals surface area contributed by atoms with E-state index in [0.29, 0.717) is 5.92 Å². The summed E-state index contributed by atoms with van der Waals surface area (Å²) in [4.78, 5) is 0. The van der Waals surface area contributed by atoms with Gasteiger partial charge in [0.25, 0.3) is 0 Å². The molecule has 0 nitrogen and oxygen atoms in total. The minimum Gasteiger partial charge on any atom is -0.0983 e. The molecule has 0 saturated carbocycles. The molecule has 0 N–H and O–H groups in total. The lowest BCUT2D eigenvalue weighted by Crippen LogP contribution is -2.15. The molecular weight excluding hydrogens is 184 g/mol. The fourth-order valence-electron chi connectivity index (χ4n) is 1.30. The molecule has 1 aromatic carbocycles. The van der Waals surface area contributed by atoms with Gasteiger partial charge in [0.05, 0.1) is 8.07 Å². The summed E-state index contributed by atoms with van der Waals surface area (Å²) in [6, 6.07) is 10.7. The normalized spacial score (nSPS) is 14.6.